The maximum absolute atomic E-state index is 10.3. The van der Waals surface area contributed by atoms with E-state index in [0.29, 0.717) is 27.1 Å². The number of halogens is 2. The van der Waals surface area contributed by atoms with Gasteiger partial charge in [0.05, 0.1) is 5.02 Å². The lowest BCUT2D eigenvalue weighted by Gasteiger charge is -2.13. The quantitative estimate of drug-likeness (QED) is 0.916. The first kappa shape index (κ1) is 12.6. The van der Waals surface area contributed by atoms with Gasteiger partial charge in [-0.3, -0.25) is 0 Å². The second-order valence-electron chi connectivity index (χ2n) is 4.19. The maximum atomic E-state index is 10.3. The molecule has 1 atom stereocenters. The van der Waals surface area contributed by atoms with Crippen LogP contribution in [-0.2, 0) is 0 Å². The molecule has 2 aromatic carbocycles. The van der Waals surface area contributed by atoms with Crippen LogP contribution in [0.4, 0.5) is 0 Å². The molecule has 0 aliphatic carbocycles. The van der Waals surface area contributed by atoms with E-state index in [0.717, 1.165) is 5.56 Å². The van der Waals surface area contributed by atoms with Crippen molar-refractivity contribution >= 4 is 23.2 Å². The van der Waals surface area contributed by atoms with E-state index < -0.39 is 6.10 Å². The topological polar surface area (TPSA) is 38.7 Å². The Bertz CT molecular complexity index is 611. The highest BCUT2D eigenvalue weighted by Crippen LogP contribution is 2.41. The molecule has 1 N–H and O–H groups in total. The molecule has 98 valence electrons. The highest BCUT2D eigenvalue weighted by molar-refractivity contribution is 6.32. The van der Waals surface area contributed by atoms with E-state index in [1.165, 1.54) is 0 Å². The Kier molecular flexibility index (Phi) is 3.27. The normalized spacial score (nSPS) is 14.5. The van der Waals surface area contributed by atoms with Gasteiger partial charge in [0.2, 0.25) is 6.79 Å². The fraction of sp³-hybridized carbons (Fsp3) is 0.143. The Balaban J connectivity index is 1.98. The number of benzene rings is 2. The SMILES string of the molecule is OC(c1ccc(Cl)cc1)c1cc(Cl)c2c(c1)OCO2. The lowest BCUT2D eigenvalue weighted by Crippen LogP contribution is -1.99. The first-order chi connectivity index (χ1) is 9.15. The summed E-state index contributed by atoms with van der Waals surface area (Å²) in [4.78, 5) is 0. The minimum Gasteiger partial charge on any atom is -0.454 e. The molecule has 1 heterocycles. The van der Waals surface area contributed by atoms with Gasteiger partial charge in [0, 0.05) is 5.02 Å². The molecule has 3 nitrogen and oxygen atoms in total. The van der Waals surface area contributed by atoms with E-state index in [1.807, 2.05) is 0 Å². The molecule has 0 spiro atoms. The van der Waals surface area contributed by atoms with Crippen LogP contribution in [0.5, 0.6) is 11.5 Å². The summed E-state index contributed by atoms with van der Waals surface area (Å²) in [6, 6.07) is 10.4. The van der Waals surface area contributed by atoms with Crippen LogP contribution >= 0.6 is 23.2 Å². The van der Waals surface area contributed by atoms with Crippen LogP contribution in [0.15, 0.2) is 36.4 Å². The number of ether oxygens (including phenoxy) is 2. The summed E-state index contributed by atoms with van der Waals surface area (Å²) in [5, 5.41) is 11.4. The Hall–Kier alpha value is -1.42. The predicted molar refractivity (Wildman–Crippen MR) is 73.1 cm³/mol. The molecule has 1 aliphatic heterocycles. The fourth-order valence-corrected chi connectivity index (χ4v) is 2.38. The van der Waals surface area contributed by atoms with Crippen LogP contribution in [0.1, 0.15) is 17.2 Å². The molecular weight excluding hydrogens is 287 g/mol. The van der Waals surface area contributed by atoms with Crippen molar-refractivity contribution in [3.8, 4) is 11.5 Å². The van der Waals surface area contributed by atoms with E-state index >= 15 is 0 Å². The van der Waals surface area contributed by atoms with Gasteiger partial charge in [-0.15, -0.1) is 0 Å². The zero-order valence-corrected chi connectivity index (χ0v) is 11.3. The molecule has 0 saturated carbocycles. The molecule has 5 heteroatoms. The van der Waals surface area contributed by atoms with E-state index in [9.17, 15) is 5.11 Å². The van der Waals surface area contributed by atoms with Crippen molar-refractivity contribution < 1.29 is 14.6 Å². The minimum atomic E-state index is -0.788. The summed E-state index contributed by atoms with van der Waals surface area (Å²) in [7, 11) is 0. The van der Waals surface area contributed by atoms with Crippen molar-refractivity contribution in [3.63, 3.8) is 0 Å². The van der Waals surface area contributed by atoms with Gasteiger partial charge < -0.3 is 14.6 Å². The van der Waals surface area contributed by atoms with Crippen molar-refractivity contribution in [2.45, 2.75) is 6.10 Å². The van der Waals surface area contributed by atoms with Gasteiger partial charge in [0.25, 0.3) is 0 Å². The molecule has 0 saturated heterocycles. The molecule has 1 unspecified atom stereocenters. The fourth-order valence-electron chi connectivity index (χ4n) is 1.98. The molecular formula is C14H10Cl2O3. The van der Waals surface area contributed by atoms with E-state index in [2.05, 4.69) is 0 Å². The third-order valence-electron chi connectivity index (χ3n) is 2.95. The summed E-state index contributed by atoms with van der Waals surface area (Å²) in [5.41, 5.74) is 1.39. The lowest BCUT2D eigenvalue weighted by molar-refractivity contribution is 0.173. The van der Waals surface area contributed by atoms with Crippen molar-refractivity contribution in [1.82, 2.24) is 0 Å². The summed E-state index contributed by atoms with van der Waals surface area (Å²) < 4.78 is 10.5. The monoisotopic (exact) mass is 296 g/mol. The van der Waals surface area contributed by atoms with Crippen LogP contribution < -0.4 is 9.47 Å². The van der Waals surface area contributed by atoms with Crippen LogP contribution in [0.25, 0.3) is 0 Å². The summed E-state index contributed by atoms with van der Waals surface area (Å²) in [5.74, 6) is 1.07. The molecule has 1 aliphatic rings. The number of aliphatic hydroxyl groups is 1. The average Bonchev–Trinajstić information content (AvgIpc) is 2.87. The molecule has 19 heavy (non-hydrogen) atoms. The van der Waals surface area contributed by atoms with Gasteiger partial charge in [-0.1, -0.05) is 35.3 Å². The number of rotatable bonds is 2. The standard InChI is InChI=1S/C14H10Cl2O3/c15-10-3-1-8(2-4-10)13(17)9-5-11(16)14-12(6-9)18-7-19-14/h1-6,13,17H,7H2. The van der Waals surface area contributed by atoms with Crippen LogP contribution in [0.2, 0.25) is 10.0 Å². The lowest BCUT2D eigenvalue weighted by atomic mass is 10.0. The number of hydrogen-bond acceptors (Lipinski definition) is 3. The van der Waals surface area contributed by atoms with E-state index in [-0.39, 0.29) is 6.79 Å². The van der Waals surface area contributed by atoms with Crippen LogP contribution in [-0.4, -0.2) is 11.9 Å². The van der Waals surface area contributed by atoms with Gasteiger partial charge in [-0.2, -0.15) is 0 Å². The molecule has 0 radical (unpaired) electrons. The Morgan fingerprint density at radius 2 is 1.74 bits per heavy atom. The van der Waals surface area contributed by atoms with Gasteiger partial charge >= 0.3 is 0 Å². The van der Waals surface area contributed by atoms with E-state index in [4.69, 9.17) is 32.7 Å². The summed E-state index contributed by atoms with van der Waals surface area (Å²) in [6.45, 7) is 0.148. The Morgan fingerprint density at radius 1 is 1.00 bits per heavy atom. The Labute approximate surface area is 120 Å². The highest BCUT2D eigenvalue weighted by Gasteiger charge is 2.21. The second kappa shape index (κ2) is 4.93. The van der Waals surface area contributed by atoms with Gasteiger partial charge in [-0.25, -0.2) is 0 Å². The molecule has 3 rings (SSSR count). The molecule has 0 aromatic heterocycles. The van der Waals surface area contributed by atoms with Crippen molar-refractivity contribution in [2.24, 2.45) is 0 Å². The van der Waals surface area contributed by atoms with Crippen LogP contribution in [0.3, 0.4) is 0 Å². The molecule has 0 bridgehead atoms. The van der Waals surface area contributed by atoms with E-state index in [1.54, 1.807) is 36.4 Å². The predicted octanol–water partition coefficient (Wildman–Crippen LogP) is 3.80. The largest absolute Gasteiger partial charge is 0.454 e. The molecule has 0 amide bonds. The smallest absolute Gasteiger partial charge is 0.231 e. The zero-order valence-electron chi connectivity index (χ0n) is 9.77. The minimum absolute atomic E-state index is 0.148. The third kappa shape index (κ3) is 2.37. The second-order valence-corrected chi connectivity index (χ2v) is 5.03. The van der Waals surface area contributed by atoms with Gasteiger partial charge in [0.15, 0.2) is 11.5 Å². The third-order valence-corrected chi connectivity index (χ3v) is 3.48. The first-order valence-electron chi connectivity index (χ1n) is 5.68. The van der Waals surface area contributed by atoms with Crippen LogP contribution in [0, 0.1) is 0 Å². The average molecular weight is 297 g/mol. The van der Waals surface area contributed by atoms with Crippen molar-refractivity contribution in [2.75, 3.05) is 6.79 Å². The maximum Gasteiger partial charge on any atom is 0.231 e. The summed E-state index contributed by atoms with van der Waals surface area (Å²) >= 11 is 11.9. The number of aliphatic hydroxyl groups excluding tert-OH is 1. The summed E-state index contributed by atoms with van der Waals surface area (Å²) in [6.07, 6.45) is -0.788. The molecule has 2 aromatic rings. The zero-order chi connectivity index (χ0) is 13.4. The van der Waals surface area contributed by atoms with Gasteiger partial charge in [0.1, 0.15) is 6.10 Å². The van der Waals surface area contributed by atoms with Crippen molar-refractivity contribution in [1.29, 1.82) is 0 Å². The van der Waals surface area contributed by atoms with Crippen molar-refractivity contribution in [3.05, 3.63) is 57.6 Å². The Morgan fingerprint density at radius 3 is 2.47 bits per heavy atom. The van der Waals surface area contributed by atoms with Gasteiger partial charge in [-0.05, 0) is 35.4 Å². The molecule has 0 fully saturated rings. The number of hydrogen-bond donors (Lipinski definition) is 1. The number of fused-ring (bicyclic) bond motifs is 1. The first-order valence-corrected chi connectivity index (χ1v) is 6.43. The highest BCUT2D eigenvalue weighted by atomic mass is 35.5.